The van der Waals surface area contributed by atoms with Crippen LogP contribution >= 0.6 is 0 Å². The molecule has 2 rings (SSSR count). The second-order valence-corrected chi connectivity index (χ2v) is 5.71. The molecule has 0 amide bonds. The monoisotopic (exact) mass is 247 g/mol. The molecule has 2 atom stereocenters. The third-order valence-electron chi connectivity index (χ3n) is 3.88. The van der Waals surface area contributed by atoms with Crippen LogP contribution in [0.1, 0.15) is 54.5 Å². The quantitative estimate of drug-likeness (QED) is 0.837. The molecule has 2 N–H and O–H groups in total. The van der Waals surface area contributed by atoms with Crippen molar-refractivity contribution in [1.29, 1.82) is 0 Å². The predicted molar refractivity (Wildman–Crippen MR) is 75.8 cm³/mol. The first-order valence-corrected chi connectivity index (χ1v) is 7.04. The van der Waals surface area contributed by atoms with Crippen molar-refractivity contribution in [2.24, 2.45) is 0 Å². The van der Waals surface area contributed by atoms with Gasteiger partial charge in [-0.15, -0.1) is 0 Å². The van der Waals surface area contributed by atoms with E-state index in [0.29, 0.717) is 6.04 Å². The molecule has 100 valence electrons. The highest BCUT2D eigenvalue weighted by atomic mass is 16.3. The minimum atomic E-state index is -0.392. The van der Waals surface area contributed by atoms with Crippen molar-refractivity contribution in [3.8, 4) is 0 Å². The van der Waals surface area contributed by atoms with Crippen molar-refractivity contribution in [2.75, 3.05) is 0 Å². The molecule has 0 saturated heterocycles. The van der Waals surface area contributed by atoms with Gasteiger partial charge >= 0.3 is 0 Å². The van der Waals surface area contributed by atoms with Crippen molar-refractivity contribution < 1.29 is 5.11 Å². The molecular formula is C16H25NO. The molecular weight excluding hydrogens is 222 g/mol. The number of hydrogen-bond donors (Lipinski definition) is 2. The Morgan fingerprint density at radius 2 is 1.78 bits per heavy atom. The van der Waals surface area contributed by atoms with Gasteiger partial charge in [0.1, 0.15) is 0 Å². The van der Waals surface area contributed by atoms with E-state index >= 15 is 0 Å². The molecule has 1 aliphatic rings. The molecule has 1 aromatic carbocycles. The lowest BCUT2D eigenvalue weighted by Gasteiger charge is -2.26. The summed E-state index contributed by atoms with van der Waals surface area (Å²) in [6, 6.07) is 5.14. The number of benzene rings is 1. The normalized spacial score (nSPS) is 18.7. The highest BCUT2D eigenvalue weighted by Crippen LogP contribution is 2.29. The maximum atomic E-state index is 10.6. The summed E-state index contributed by atoms with van der Waals surface area (Å²) in [5, 5.41) is 14.2. The zero-order valence-electron chi connectivity index (χ0n) is 12.0. The molecule has 0 aliphatic heterocycles. The maximum Gasteiger partial charge on any atom is 0.0948 e. The van der Waals surface area contributed by atoms with Gasteiger partial charge in [0, 0.05) is 12.1 Å². The summed E-state index contributed by atoms with van der Waals surface area (Å²) in [5.41, 5.74) is 4.79. The van der Waals surface area contributed by atoms with Crippen LogP contribution in [0.2, 0.25) is 0 Å². The maximum absolute atomic E-state index is 10.6. The number of hydrogen-bond acceptors (Lipinski definition) is 2. The van der Waals surface area contributed by atoms with Crippen molar-refractivity contribution >= 4 is 0 Å². The van der Waals surface area contributed by atoms with E-state index < -0.39 is 6.10 Å². The zero-order chi connectivity index (χ0) is 13.3. The summed E-state index contributed by atoms with van der Waals surface area (Å²) in [6.45, 7) is 8.45. The van der Waals surface area contributed by atoms with E-state index in [4.69, 9.17) is 0 Å². The van der Waals surface area contributed by atoms with Crippen LogP contribution in [0.15, 0.2) is 12.1 Å². The fourth-order valence-corrected chi connectivity index (χ4v) is 2.84. The third-order valence-corrected chi connectivity index (χ3v) is 3.88. The molecule has 2 nitrogen and oxygen atoms in total. The minimum Gasteiger partial charge on any atom is -0.387 e. The minimum absolute atomic E-state index is 0.178. The van der Waals surface area contributed by atoms with E-state index in [9.17, 15) is 5.11 Å². The fraction of sp³-hybridized carbons (Fsp3) is 0.625. The Bertz CT molecular complexity index is 400. The smallest absolute Gasteiger partial charge is 0.0948 e. The van der Waals surface area contributed by atoms with Gasteiger partial charge < -0.3 is 10.4 Å². The fourth-order valence-electron chi connectivity index (χ4n) is 2.84. The number of rotatable bonds is 5. The first-order chi connectivity index (χ1) is 8.52. The highest BCUT2D eigenvalue weighted by molar-refractivity contribution is 5.39. The van der Waals surface area contributed by atoms with E-state index in [1.54, 1.807) is 0 Å². The van der Waals surface area contributed by atoms with Gasteiger partial charge in [-0.3, -0.25) is 0 Å². The van der Waals surface area contributed by atoms with Gasteiger partial charge in [-0.05, 0) is 56.7 Å². The van der Waals surface area contributed by atoms with Gasteiger partial charge in [0.2, 0.25) is 0 Å². The van der Waals surface area contributed by atoms with Crippen LogP contribution in [0, 0.1) is 20.8 Å². The Morgan fingerprint density at radius 3 is 2.22 bits per heavy atom. The van der Waals surface area contributed by atoms with Crippen LogP contribution in [0.5, 0.6) is 0 Å². The van der Waals surface area contributed by atoms with Gasteiger partial charge in [0.05, 0.1) is 6.10 Å². The number of aliphatic hydroxyl groups excluding tert-OH is 1. The van der Waals surface area contributed by atoms with Crippen LogP contribution in [0.4, 0.5) is 0 Å². The lowest BCUT2D eigenvalue weighted by molar-refractivity contribution is 0.124. The van der Waals surface area contributed by atoms with Gasteiger partial charge in [-0.1, -0.05) is 24.6 Å². The second kappa shape index (κ2) is 5.41. The van der Waals surface area contributed by atoms with Gasteiger partial charge in [0.25, 0.3) is 0 Å². The molecule has 1 aromatic rings. The Kier molecular flexibility index (Phi) is 4.08. The number of aryl methyl sites for hydroxylation is 3. The molecule has 1 saturated carbocycles. The Hall–Kier alpha value is -0.860. The van der Waals surface area contributed by atoms with Crippen molar-refractivity contribution in [3.63, 3.8) is 0 Å². The van der Waals surface area contributed by atoms with E-state index in [0.717, 1.165) is 12.0 Å². The summed E-state index contributed by atoms with van der Waals surface area (Å²) >= 11 is 0. The van der Waals surface area contributed by atoms with E-state index in [2.05, 4.69) is 45.1 Å². The van der Waals surface area contributed by atoms with Crippen LogP contribution in [-0.4, -0.2) is 17.2 Å². The Labute approximate surface area is 110 Å². The third kappa shape index (κ3) is 2.93. The summed E-state index contributed by atoms with van der Waals surface area (Å²) in [6.07, 6.45) is 3.09. The first-order valence-electron chi connectivity index (χ1n) is 7.04. The summed E-state index contributed by atoms with van der Waals surface area (Å²) in [4.78, 5) is 0. The van der Waals surface area contributed by atoms with E-state index in [1.165, 1.54) is 29.5 Å². The molecule has 2 heteroatoms. The second-order valence-electron chi connectivity index (χ2n) is 5.71. The van der Waals surface area contributed by atoms with Crippen molar-refractivity contribution in [1.82, 2.24) is 5.32 Å². The molecule has 0 radical (unpaired) electrons. The highest BCUT2D eigenvalue weighted by Gasteiger charge is 2.29. The van der Waals surface area contributed by atoms with Crippen LogP contribution in [-0.2, 0) is 0 Å². The van der Waals surface area contributed by atoms with Gasteiger partial charge in [-0.2, -0.15) is 0 Å². The molecule has 1 fully saturated rings. The summed E-state index contributed by atoms with van der Waals surface area (Å²) < 4.78 is 0. The summed E-state index contributed by atoms with van der Waals surface area (Å²) in [5.74, 6) is 0. The Balaban J connectivity index is 2.22. The van der Waals surface area contributed by atoms with Crippen LogP contribution < -0.4 is 5.32 Å². The topological polar surface area (TPSA) is 32.3 Å². The molecule has 2 unspecified atom stereocenters. The van der Waals surface area contributed by atoms with Gasteiger partial charge in [-0.25, -0.2) is 0 Å². The lowest BCUT2D eigenvalue weighted by Crippen LogP contribution is -2.36. The van der Waals surface area contributed by atoms with Crippen molar-refractivity contribution in [3.05, 3.63) is 34.4 Å². The van der Waals surface area contributed by atoms with E-state index in [1.807, 2.05) is 0 Å². The molecule has 0 bridgehead atoms. The summed E-state index contributed by atoms with van der Waals surface area (Å²) in [7, 11) is 0. The first kappa shape index (κ1) is 13.6. The van der Waals surface area contributed by atoms with Gasteiger partial charge in [0.15, 0.2) is 0 Å². The molecule has 0 heterocycles. The zero-order valence-corrected chi connectivity index (χ0v) is 12.0. The predicted octanol–water partition coefficient (Wildman–Crippen LogP) is 3.18. The molecule has 1 aliphatic carbocycles. The van der Waals surface area contributed by atoms with Crippen LogP contribution in [0.3, 0.4) is 0 Å². The van der Waals surface area contributed by atoms with E-state index in [-0.39, 0.29) is 6.04 Å². The average molecular weight is 247 g/mol. The standard InChI is InChI=1S/C16H25NO/c1-5-14(17-13-6-7-13)16(18)15-11(3)8-10(2)9-12(15)4/h8-9,13-14,16-18H,5-7H2,1-4H3. The molecule has 18 heavy (non-hydrogen) atoms. The molecule has 0 aromatic heterocycles. The average Bonchev–Trinajstić information content (AvgIpc) is 3.07. The SMILES string of the molecule is CCC(NC1CC1)C(O)c1c(C)cc(C)cc1C. The van der Waals surface area contributed by atoms with Crippen LogP contribution in [0.25, 0.3) is 0 Å². The Morgan fingerprint density at radius 1 is 1.22 bits per heavy atom. The van der Waals surface area contributed by atoms with Crippen molar-refractivity contribution in [2.45, 2.75) is 65.1 Å². The largest absolute Gasteiger partial charge is 0.387 e. The molecule has 0 spiro atoms. The lowest BCUT2D eigenvalue weighted by atomic mass is 9.91. The number of nitrogens with one attached hydrogen (secondary N) is 1. The number of aliphatic hydroxyl groups is 1.